The second kappa shape index (κ2) is 5.08. The molecule has 0 fully saturated rings. The van der Waals surface area contributed by atoms with Crippen molar-refractivity contribution >= 4 is 0 Å². The molecule has 1 aromatic rings. The normalized spacial score (nSPS) is 15.1. The van der Waals surface area contributed by atoms with Crippen LogP contribution in [0.15, 0.2) is 24.3 Å². The van der Waals surface area contributed by atoms with E-state index >= 15 is 0 Å². The van der Waals surface area contributed by atoms with Crippen LogP contribution in [0.1, 0.15) is 25.5 Å². The maximum absolute atomic E-state index is 13.3. The smallest absolute Gasteiger partial charge is 0.127 e. The largest absolute Gasteiger partial charge is 0.392 e. The second-order valence-electron chi connectivity index (χ2n) is 3.50. The van der Waals surface area contributed by atoms with Crippen molar-refractivity contribution < 1.29 is 9.50 Å². The summed E-state index contributed by atoms with van der Waals surface area (Å²) in [6.45, 7) is 4.04. The van der Waals surface area contributed by atoms with Gasteiger partial charge in [0.25, 0.3) is 0 Å². The molecule has 0 aliphatic rings. The summed E-state index contributed by atoms with van der Waals surface area (Å²) in [5.74, 6) is -0.210. The Bertz CT molecular complexity index is 288. The number of nitrogens with one attached hydrogen (secondary N) is 1. The molecular formula is C11H16FNO. The highest BCUT2D eigenvalue weighted by molar-refractivity contribution is 5.20. The molecule has 0 aliphatic heterocycles. The summed E-state index contributed by atoms with van der Waals surface area (Å²) in [7, 11) is 0. The first-order chi connectivity index (χ1) is 6.61. The molecule has 0 aromatic heterocycles. The molecule has 2 N–H and O–H groups in total. The van der Waals surface area contributed by atoms with Gasteiger partial charge in [-0.25, -0.2) is 4.39 Å². The van der Waals surface area contributed by atoms with Crippen LogP contribution in [0.2, 0.25) is 0 Å². The Morgan fingerprint density at radius 1 is 1.36 bits per heavy atom. The van der Waals surface area contributed by atoms with Gasteiger partial charge in [-0.15, -0.1) is 0 Å². The van der Waals surface area contributed by atoms with Crippen LogP contribution in [0.4, 0.5) is 4.39 Å². The van der Waals surface area contributed by atoms with Gasteiger partial charge in [0.05, 0.1) is 6.10 Å². The van der Waals surface area contributed by atoms with Crippen molar-refractivity contribution in [3.05, 3.63) is 35.6 Å². The third-order valence-electron chi connectivity index (χ3n) is 2.09. The van der Waals surface area contributed by atoms with Gasteiger partial charge in [-0.2, -0.15) is 0 Å². The quantitative estimate of drug-likeness (QED) is 0.772. The SMILES string of the molecule is C[C@H](NC[C@@H](C)O)c1ccccc1F. The fourth-order valence-electron chi connectivity index (χ4n) is 1.28. The molecule has 0 spiro atoms. The third kappa shape index (κ3) is 3.09. The first-order valence-electron chi connectivity index (χ1n) is 4.77. The fraction of sp³-hybridized carbons (Fsp3) is 0.455. The maximum atomic E-state index is 13.3. The minimum atomic E-state index is -0.413. The first kappa shape index (κ1) is 11.1. The fourth-order valence-corrected chi connectivity index (χ4v) is 1.28. The van der Waals surface area contributed by atoms with E-state index in [0.29, 0.717) is 12.1 Å². The Labute approximate surface area is 83.8 Å². The average Bonchev–Trinajstić information content (AvgIpc) is 2.15. The predicted molar refractivity (Wildman–Crippen MR) is 54.5 cm³/mol. The highest BCUT2D eigenvalue weighted by Crippen LogP contribution is 2.15. The molecule has 14 heavy (non-hydrogen) atoms. The third-order valence-corrected chi connectivity index (χ3v) is 2.09. The van der Waals surface area contributed by atoms with Gasteiger partial charge in [0.1, 0.15) is 5.82 Å². The molecule has 1 rings (SSSR count). The second-order valence-corrected chi connectivity index (χ2v) is 3.50. The number of benzene rings is 1. The summed E-state index contributed by atoms with van der Waals surface area (Å²) >= 11 is 0. The van der Waals surface area contributed by atoms with Gasteiger partial charge in [-0.1, -0.05) is 18.2 Å². The lowest BCUT2D eigenvalue weighted by Crippen LogP contribution is -2.27. The van der Waals surface area contributed by atoms with E-state index in [0.717, 1.165) is 0 Å². The van der Waals surface area contributed by atoms with E-state index in [1.165, 1.54) is 6.07 Å². The summed E-state index contributed by atoms with van der Waals surface area (Å²) in [5, 5.41) is 12.1. The van der Waals surface area contributed by atoms with E-state index in [-0.39, 0.29) is 11.9 Å². The van der Waals surface area contributed by atoms with E-state index in [1.54, 1.807) is 25.1 Å². The summed E-state index contributed by atoms with van der Waals surface area (Å²) in [4.78, 5) is 0. The van der Waals surface area contributed by atoms with E-state index in [9.17, 15) is 4.39 Å². The number of rotatable bonds is 4. The van der Waals surface area contributed by atoms with Crippen molar-refractivity contribution in [2.45, 2.75) is 26.0 Å². The molecule has 2 atom stereocenters. The molecular weight excluding hydrogens is 181 g/mol. The zero-order chi connectivity index (χ0) is 10.6. The van der Waals surface area contributed by atoms with E-state index in [2.05, 4.69) is 5.32 Å². The van der Waals surface area contributed by atoms with Crippen molar-refractivity contribution in [3.63, 3.8) is 0 Å². The molecule has 0 saturated carbocycles. The summed E-state index contributed by atoms with van der Waals surface area (Å²) in [6, 6.07) is 6.58. The van der Waals surface area contributed by atoms with E-state index in [1.807, 2.05) is 6.92 Å². The predicted octanol–water partition coefficient (Wildman–Crippen LogP) is 1.86. The molecule has 1 aromatic carbocycles. The van der Waals surface area contributed by atoms with Crippen molar-refractivity contribution in [1.82, 2.24) is 5.32 Å². The molecule has 0 aliphatic carbocycles. The molecule has 0 bridgehead atoms. The monoisotopic (exact) mass is 197 g/mol. The van der Waals surface area contributed by atoms with Crippen LogP contribution in [0.5, 0.6) is 0 Å². The Morgan fingerprint density at radius 3 is 2.57 bits per heavy atom. The molecule has 0 heterocycles. The van der Waals surface area contributed by atoms with Gasteiger partial charge >= 0.3 is 0 Å². The van der Waals surface area contributed by atoms with Crippen LogP contribution in [-0.4, -0.2) is 17.8 Å². The highest BCUT2D eigenvalue weighted by atomic mass is 19.1. The van der Waals surface area contributed by atoms with Gasteiger partial charge in [0, 0.05) is 18.2 Å². The van der Waals surface area contributed by atoms with Gasteiger partial charge in [0.15, 0.2) is 0 Å². The zero-order valence-corrected chi connectivity index (χ0v) is 8.50. The van der Waals surface area contributed by atoms with Crippen LogP contribution < -0.4 is 5.32 Å². The minimum absolute atomic E-state index is 0.0780. The number of aliphatic hydroxyl groups excluding tert-OH is 1. The van der Waals surface area contributed by atoms with Crippen LogP contribution in [0.3, 0.4) is 0 Å². The summed E-state index contributed by atoms with van der Waals surface area (Å²) in [5.41, 5.74) is 0.633. The first-order valence-corrected chi connectivity index (χ1v) is 4.77. The lowest BCUT2D eigenvalue weighted by molar-refractivity contribution is 0.187. The van der Waals surface area contributed by atoms with E-state index < -0.39 is 6.10 Å². The van der Waals surface area contributed by atoms with Crippen LogP contribution in [0.25, 0.3) is 0 Å². The van der Waals surface area contributed by atoms with Crippen molar-refractivity contribution in [2.24, 2.45) is 0 Å². The van der Waals surface area contributed by atoms with Crippen molar-refractivity contribution in [1.29, 1.82) is 0 Å². The van der Waals surface area contributed by atoms with E-state index in [4.69, 9.17) is 5.11 Å². The zero-order valence-electron chi connectivity index (χ0n) is 8.50. The molecule has 78 valence electrons. The number of aliphatic hydroxyl groups is 1. The van der Waals surface area contributed by atoms with Crippen molar-refractivity contribution in [3.8, 4) is 0 Å². The lowest BCUT2D eigenvalue weighted by atomic mass is 10.1. The Hall–Kier alpha value is -0.930. The Balaban J connectivity index is 2.60. The average molecular weight is 197 g/mol. The number of hydrogen-bond acceptors (Lipinski definition) is 2. The van der Waals surface area contributed by atoms with Gasteiger partial charge in [-0.3, -0.25) is 0 Å². The number of hydrogen-bond donors (Lipinski definition) is 2. The van der Waals surface area contributed by atoms with Gasteiger partial charge < -0.3 is 10.4 Å². The van der Waals surface area contributed by atoms with Gasteiger partial charge in [0.2, 0.25) is 0 Å². The lowest BCUT2D eigenvalue weighted by Gasteiger charge is -2.15. The highest BCUT2D eigenvalue weighted by Gasteiger charge is 2.09. The Kier molecular flexibility index (Phi) is 4.04. The molecule has 3 heteroatoms. The molecule has 0 radical (unpaired) electrons. The molecule has 0 unspecified atom stereocenters. The van der Waals surface area contributed by atoms with Gasteiger partial charge in [-0.05, 0) is 19.9 Å². The van der Waals surface area contributed by atoms with Crippen LogP contribution >= 0.6 is 0 Å². The summed E-state index contributed by atoms with van der Waals surface area (Å²) in [6.07, 6.45) is -0.413. The topological polar surface area (TPSA) is 32.3 Å². The minimum Gasteiger partial charge on any atom is -0.392 e. The maximum Gasteiger partial charge on any atom is 0.127 e. The van der Waals surface area contributed by atoms with Crippen LogP contribution in [-0.2, 0) is 0 Å². The Morgan fingerprint density at radius 2 is 2.00 bits per heavy atom. The standard InChI is InChI=1S/C11H16FNO/c1-8(14)7-13-9(2)10-5-3-4-6-11(10)12/h3-6,8-9,13-14H,7H2,1-2H3/t8-,9+/m1/s1. The number of halogens is 1. The van der Waals surface area contributed by atoms with Crippen molar-refractivity contribution in [2.75, 3.05) is 6.54 Å². The molecule has 0 amide bonds. The molecule has 0 saturated heterocycles. The summed E-state index contributed by atoms with van der Waals surface area (Å²) < 4.78 is 13.3. The van der Waals surface area contributed by atoms with Crippen LogP contribution in [0, 0.1) is 5.82 Å². The molecule has 2 nitrogen and oxygen atoms in total.